The minimum absolute atomic E-state index is 0.00610. The molecule has 0 aliphatic carbocycles. The van der Waals surface area contributed by atoms with Crippen molar-refractivity contribution in [3.63, 3.8) is 0 Å². The van der Waals surface area contributed by atoms with Crippen LogP contribution in [0, 0.1) is 5.95 Å². The van der Waals surface area contributed by atoms with Gasteiger partial charge in [-0.2, -0.15) is 4.39 Å². The number of hydrogen-bond acceptors (Lipinski definition) is 4. The molecule has 0 aromatic carbocycles. The van der Waals surface area contributed by atoms with Gasteiger partial charge in [0.05, 0.1) is 23.5 Å². The maximum atomic E-state index is 13.9. The topological polar surface area (TPSA) is 40.6 Å². The molecule has 1 aromatic heterocycles. The Labute approximate surface area is 119 Å². The van der Waals surface area contributed by atoms with Crippen LogP contribution in [0.2, 0.25) is 0 Å². The zero-order valence-electron chi connectivity index (χ0n) is 12.9. The highest BCUT2D eigenvalue weighted by Crippen LogP contribution is 2.36. The second kappa shape index (κ2) is 5.00. The van der Waals surface area contributed by atoms with E-state index in [1.165, 1.54) is 6.20 Å². The Balaban J connectivity index is 2.30. The molecule has 0 N–H and O–H groups in total. The summed E-state index contributed by atoms with van der Waals surface area (Å²) in [5, 5.41) is 0. The van der Waals surface area contributed by atoms with Crippen LogP contribution in [0.3, 0.4) is 0 Å². The van der Waals surface area contributed by atoms with Crippen molar-refractivity contribution in [2.24, 2.45) is 0 Å². The van der Waals surface area contributed by atoms with Gasteiger partial charge in [0.25, 0.3) is 0 Å². The SMILES string of the molecule is CC(C)Oc1cnc(F)c(B2OC(C)(C)C(C)(C)O2)c1. The summed E-state index contributed by atoms with van der Waals surface area (Å²) in [6.07, 6.45) is 1.36. The molecule has 0 spiro atoms. The molecular formula is C14H21BFNO3. The highest BCUT2D eigenvalue weighted by atomic mass is 19.1. The van der Waals surface area contributed by atoms with Gasteiger partial charge < -0.3 is 14.0 Å². The van der Waals surface area contributed by atoms with Crippen LogP contribution in [0.4, 0.5) is 4.39 Å². The molecular weight excluding hydrogens is 260 g/mol. The van der Waals surface area contributed by atoms with Gasteiger partial charge in [0, 0.05) is 5.46 Å². The molecule has 0 amide bonds. The lowest BCUT2D eigenvalue weighted by molar-refractivity contribution is 0.00578. The molecule has 0 saturated carbocycles. The molecule has 1 fully saturated rings. The van der Waals surface area contributed by atoms with Crippen LogP contribution in [0.1, 0.15) is 41.5 Å². The maximum absolute atomic E-state index is 13.9. The Morgan fingerprint density at radius 3 is 2.25 bits per heavy atom. The van der Waals surface area contributed by atoms with Crippen LogP contribution < -0.4 is 10.2 Å². The normalized spacial score (nSPS) is 20.5. The van der Waals surface area contributed by atoms with Crippen molar-refractivity contribution in [3.8, 4) is 5.75 Å². The van der Waals surface area contributed by atoms with E-state index in [-0.39, 0.29) is 11.6 Å². The average Bonchev–Trinajstić information content (AvgIpc) is 2.50. The first-order valence-electron chi connectivity index (χ1n) is 6.80. The maximum Gasteiger partial charge on any atom is 0.499 e. The van der Waals surface area contributed by atoms with Crippen LogP contribution in [-0.2, 0) is 9.31 Å². The van der Waals surface area contributed by atoms with E-state index in [0.717, 1.165) is 0 Å². The van der Waals surface area contributed by atoms with Gasteiger partial charge in [-0.25, -0.2) is 4.98 Å². The molecule has 6 heteroatoms. The van der Waals surface area contributed by atoms with Gasteiger partial charge in [0.2, 0.25) is 5.95 Å². The van der Waals surface area contributed by atoms with E-state index < -0.39 is 24.3 Å². The number of pyridine rings is 1. The first-order chi connectivity index (χ1) is 9.12. The molecule has 0 bridgehead atoms. The lowest BCUT2D eigenvalue weighted by atomic mass is 9.80. The Hall–Kier alpha value is -1.14. The molecule has 0 radical (unpaired) electrons. The summed E-state index contributed by atoms with van der Waals surface area (Å²) in [5.74, 6) is -0.0919. The second-order valence-corrected chi connectivity index (χ2v) is 6.31. The molecule has 0 atom stereocenters. The fourth-order valence-electron chi connectivity index (χ4n) is 1.92. The lowest BCUT2D eigenvalue weighted by Gasteiger charge is -2.32. The lowest BCUT2D eigenvalue weighted by Crippen LogP contribution is -2.41. The number of ether oxygens (including phenoxy) is 1. The van der Waals surface area contributed by atoms with Gasteiger partial charge >= 0.3 is 7.12 Å². The number of hydrogen-bond donors (Lipinski definition) is 0. The van der Waals surface area contributed by atoms with E-state index in [4.69, 9.17) is 14.0 Å². The Bertz CT molecular complexity index is 489. The quantitative estimate of drug-likeness (QED) is 0.629. The second-order valence-electron chi connectivity index (χ2n) is 6.31. The summed E-state index contributed by atoms with van der Waals surface area (Å²) in [7, 11) is -0.775. The van der Waals surface area contributed by atoms with E-state index in [9.17, 15) is 4.39 Å². The number of halogens is 1. The Morgan fingerprint density at radius 2 is 1.75 bits per heavy atom. The summed E-state index contributed by atoms with van der Waals surface area (Å²) in [6, 6.07) is 1.59. The summed E-state index contributed by atoms with van der Waals surface area (Å²) in [4.78, 5) is 3.72. The predicted molar refractivity (Wildman–Crippen MR) is 75.7 cm³/mol. The van der Waals surface area contributed by atoms with Crippen molar-refractivity contribution in [1.29, 1.82) is 0 Å². The average molecular weight is 281 g/mol. The van der Waals surface area contributed by atoms with E-state index in [1.54, 1.807) is 6.07 Å². The summed E-state index contributed by atoms with van der Waals surface area (Å²) >= 11 is 0. The van der Waals surface area contributed by atoms with Crippen molar-refractivity contribution in [3.05, 3.63) is 18.2 Å². The first-order valence-corrected chi connectivity index (χ1v) is 6.80. The Kier molecular flexibility index (Phi) is 3.82. The van der Waals surface area contributed by atoms with E-state index in [0.29, 0.717) is 5.75 Å². The monoisotopic (exact) mass is 281 g/mol. The Morgan fingerprint density at radius 1 is 1.20 bits per heavy atom. The van der Waals surface area contributed by atoms with Crippen molar-refractivity contribution >= 4 is 12.6 Å². The van der Waals surface area contributed by atoms with Gasteiger partial charge in [0.15, 0.2) is 0 Å². The van der Waals surface area contributed by atoms with Crippen molar-refractivity contribution in [2.45, 2.75) is 58.8 Å². The van der Waals surface area contributed by atoms with Gasteiger partial charge in [0.1, 0.15) is 5.75 Å². The van der Waals surface area contributed by atoms with Gasteiger partial charge in [-0.1, -0.05) is 0 Å². The van der Waals surface area contributed by atoms with Crippen LogP contribution in [0.25, 0.3) is 0 Å². The third-order valence-corrected chi connectivity index (χ3v) is 3.72. The zero-order chi connectivity index (χ0) is 15.1. The largest absolute Gasteiger partial charge is 0.499 e. The molecule has 2 heterocycles. The van der Waals surface area contributed by atoms with Gasteiger partial charge in [-0.3, -0.25) is 0 Å². The van der Waals surface area contributed by atoms with Crippen LogP contribution in [0.5, 0.6) is 5.75 Å². The summed E-state index contributed by atoms with van der Waals surface area (Å²) < 4.78 is 31.1. The van der Waals surface area contributed by atoms with Crippen LogP contribution >= 0.6 is 0 Å². The molecule has 2 rings (SSSR count). The molecule has 1 aliphatic heterocycles. The van der Waals surface area contributed by atoms with E-state index in [2.05, 4.69) is 4.98 Å². The number of aromatic nitrogens is 1. The minimum atomic E-state index is -0.775. The number of rotatable bonds is 3. The highest BCUT2D eigenvalue weighted by molar-refractivity contribution is 6.62. The van der Waals surface area contributed by atoms with Gasteiger partial charge in [-0.15, -0.1) is 0 Å². The van der Waals surface area contributed by atoms with Gasteiger partial charge in [-0.05, 0) is 47.6 Å². The smallest absolute Gasteiger partial charge is 0.489 e. The molecule has 1 saturated heterocycles. The fourth-order valence-corrected chi connectivity index (χ4v) is 1.92. The standard InChI is InChI=1S/C14H21BFNO3/c1-9(2)18-10-7-11(12(16)17-8-10)15-19-13(3,4)14(5,6)20-15/h7-9H,1-6H3. The van der Waals surface area contributed by atoms with E-state index >= 15 is 0 Å². The van der Waals surface area contributed by atoms with Crippen LogP contribution in [-0.4, -0.2) is 29.4 Å². The third kappa shape index (κ3) is 2.81. The molecule has 0 unspecified atom stereocenters. The van der Waals surface area contributed by atoms with Crippen molar-refractivity contribution in [1.82, 2.24) is 4.98 Å². The summed E-state index contributed by atoms with van der Waals surface area (Å²) in [5.41, 5.74) is -0.764. The number of nitrogens with zero attached hydrogens (tertiary/aromatic N) is 1. The third-order valence-electron chi connectivity index (χ3n) is 3.72. The summed E-state index contributed by atoms with van der Waals surface area (Å²) in [6.45, 7) is 11.5. The van der Waals surface area contributed by atoms with E-state index in [1.807, 2.05) is 41.5 Å². The molecule has 110 valence electrons. The van der Waals surface area contributed by atoms with Crippen LogP contribution in [0.15, 0.2) is 12.3 Å². The predicted octanol–water partition coefficient (Wildman–Crippen LogP) is 2.31. The zero-order valence-corrected chi connectivity index (χ0v) is 12.9. The minimum Gasteiger partial charge on any atom is -0.489 e. The van der Waals surface area contributed by atoms with Crippen molar-refractivity contribution < 1.29 is 18.4 Å². The molecule has 4 nitrogen and oxygen atoms in total. The highest BCUT2D eigenvalue weighted by Gasteiger charge is 2.52. The van der Waals surface area contributed by atoms with Crippen molar-refractivity contribution in [2.75, 3.05) is 0 Å². The first kappa shape index (κ1) is 15.3. The fraction of sp³-hybridized carbons (Fsp3) is 0.643. The molecule has 1 aromatic rings. The molecule has 20 heavy (non-hydrogen) atoms. The molecule has 1 aliphatic rings.